The molecule has 2 rings (SSSR count). The Morgan fingerprint density at radius 1 is 1.00 bits per heavy atom. The average molecular weight is 329 g/mol. The summed E-state index contributed by atoms with van der Waals surface area (Å²) in [7, 11) is 0. The first-order valence-corrected chi connectivity index (χ1v) is 7.98. The second kappa shape index (κ2) is 8.39. The number of hydrogen-bond acceptors (Lipinski definition) is 3. The minimum Gasteiger partial charge on any atom is -0.480 e. The van der Waals surface area contributed by atoms with E-state index in [0.29, 0.717) is 5.75 Å². The topological polar surface area (TPSA) is 66.4 Å². The van der Waals surface area contributed by atoms with Crippen molar-refractivity contribution in [2.75, 3.05) is 5.75 Å². The summed E-state index contributed by atoms with van der Waals surface area (Å²) < 4.78 is 0. The molecule has 0 aromatic heterocycles. The number of nitrogens with one attached hydrogen (secondary N) is 1. The molecule has 0 heterocycles. The van der Waals surface area contributed by atoms with Crippen LogP contribution in [0.4, 0.5) is 0 Å². The van der Waals surface area contributed by atoms with Gasteiger partial charge >= 0.3 is 5.97 Å². The number of carbonyl (C=O) groups excluding carboxylic acids is 1. The van der Waals surface area contributed by atoms with E-state index < -0.39 is 17.9 Å². The van der Waals surface area contributed by atoms with Crippen LogP contribution in [-0.2, 0) is 16.0 Å². The fourth-order valence-electron chi connectivity index (χ4n) is 2.35. The van der Waals surface area contributed by atoms with Crippen molar-refractivity contribution in [3.05, 3.63) is 71.8 Å². The van der Waals surface area contributed by atoms with E-state index in [-0.39, 0.29) is 12.3 Å². The van der Waals surface area contributed by atoms with Crippen molar-refractivity contribution in [2.24, 2.45) is 0 Å². The molecule has 0 aliphatic heterocycles. The third-order valence-electron chi connectivity index (χ3n) is 3.60. The van der Waals surface area contributed by atoms with Crippen LogP contribution >= 0.6 is 12.6 Å². The quantitative estimate of drug-likeness (QED) is 0.684. The molecule has 120 valence electrons. The Bertz CT molecular complexity index is 646. The van der Waals surface area contributed by atoms with E-state index >= 15 is 0 Å². The van der Waals surface area contributed by atoms with E-state index in [1.165, 1.54) is 0 Å². The lowest BCUT2D eigenvalue weighted by atomic mass is 9.99. The maximum absolute atomic E-state index is 12.5. The van der Waals surface area contributed by atoms with Crippen molar-refractivity contribution in [2.45, 2.75) is 18.4 Å². The largest absolute Gasteiger partial charge is 0.480 e. The van der Waals surface area contributed by atoms with Gasteiger partial charge in [0.25, 0.3) is 0 Å². The molecule has 2 N–H and O–H groups in total. The number of hydrogen-bond donors (Lipinski definition) is 3. The summed E-state index contributed by atoms with van der Waals surface area (Å²) in [5.41, 5.74) is 1.69. The first-order chi connectivity index (χ1) is 11.1. The monoisotopic (exact) mass is 329 g/mol. The number of benzene rings is 2. The molecule has 0 bridgehead atoms. The van der Waals surface area contributed by atoms with Gasteiger partial charge in [-0.05, 0) is 11.1 Å². The third-order valence-corrected chi connectivity index (χ3v) is 3.96. The molecular weight excluding hydrogens is 310 g/mol. The van der Waals surface area contributed by atoms with Crippen molar-refractivity contribution in [3.63, 3.8) is 0 Å². The van der Waals surface area contributed by atoms with Crippen LogP contribution in [0.15, 0.2) is 60.7 Å². The highest BCUT2D eigenvalue weighted by atomic mass is 32.1. The molecular formula is C18H19NO3S. The summed E-state index contributed by atoms with van der Waals surface area (Å²) in [4.78, 5) is 23.9. The Hall–Kier alpha value is -2.27. The predicted molar refractivity (Wildman–Crippen MR) is 92.7 cm³/mol. The molecule has 0 unspecified atom stereocenters. The van der Waals surface area contributed by atoms with Gasteiger partial charge in [-0.2, -0.15) is 12.6 Å². The number of thiol groups is 1. The second-order valence-electron chi connectivity index (χ2n) is 5.23. The fourth-order valence-corrected chi connectivity index (χ4v) is 2.72. The van der Waals surface area contributed by atoms with Crippen molar-refractivity contribution < 1.29 is 14.7 Å². The molecule has 0 saturated carbocycles. The molecule has 23 heavy (non-hydrogen) atoms. The molecule has 0 radical (unpaired) electrons. The maximum Gasteiger partial charge on any atom is 0.326 e. The number of rotatable bonds is 7. The highest BCUT2D eigenvalue weighted by Crippen LogP contribution is 2.17. The highest BCUT2D eigenvalue weighted by Gasteiger charge is 2.25. The Kier molecular flexibility index (Phi) is 6.23. The van der Waals surface area contributed by atoms with Crippen LogP contribution in [0.2, 0.25) is 0 Å². The van der Waals surface area contributed by atoms with Crippen LogP contribution in [0.1, 0.15) is 17.0 Å². The first kappa shape index (κ1) is 17.1. The minimum absolute atomic E-state index is 0.246. The molecule has 0 fully saturated rings. The number of amides is 1. The molecule has 0 saturated heterocycles. The van der Waals surface area contributed by atoms with Crippen LogP contribution in [0.25, 0.3) is 0 Å². The summed E-state index contributed by atoms with van der Waals surface area (Å²) >= 11 is 4.23. The van der Waals surface area contributed by atoms with Crippen LogP contribution in [0, 0.1) is 0 Å². The molecule has 0 spiro atoms. The van der Waals surface area contributed by atoms with Crippen LogP contribution < -0.4 is 5.32 Å². The van der Waals surface area contributed by atoms with E-state index in [0.717, 1.165) is 11.1 Å². The smallest absolute Gasteiger partial charge is 0.326 e. The lowest BCUT2D eigenvalue weighted by Gasteiger charge is -2.19. The Balaban J connectivity index is 2.09. The molecule has 2 atom stereocenters. The highest BCUT2D eigenvalue weighted by molar-refractivity contribution is 7.80. The zero-order valence-electron chi connectivity index (χ0n) is 12.6. The zero-order valence-corrected chi connectivity index (χ0v) is 13.4. The standard InChI is InChI=1S/C18H19NO3S/c20-17(15(12-23)14-9-5-2-6-10-14)19-16(18(21)22)11-13-7-3-1-4-8-13/h1-10,15-16,23H,11-12H2,(H,19,20)(H,21,22)/t15-,16+/m1/s1. The number of carbonyl (C=O) groups is 2. The Labute approximate surface area is 141 Å². The molecule has 0 aliphatic carbocycles. The van der Waals surface area contributed by atoms with Gasteiger partial charge in [0.2, 0.25) is 5.91 Å². The second-order valence-corrected chi connectivity index (χ2v) is 5.60. The normalized spacial score (nSPS) is 13.1. The zero-order chi connectivity index (χ0) is 16.7. The summed E-state index contributed by atoms with van der Waals surface area (Å²) in [5, 5.41) is 12.0. The molecule has 0 aliphatic rings. The van der Waals surface area contributed by atoms with Gasteiger partial charge in [-0.3, -0.25) is 4.79 Å². The first-order valence-electron chi connectivity index (χ1n) is 7.34. The maximum atomic E-state index is 12.5. The minimum atomic E-state index is -1.05. The summed E-state index contributed by atoms with van der Waals surface area (Å²) in [6.45, 7) is 0. The van der Waals surface area contributed by atoms with E-state index in [1.54, 1.807) is 0 Å². The van der Waals surface area contributed by atoms with Gasteiger partial charge in [-0.25, -0.2) is 4.79 Å². The van der Waals surface area contributed by atoms with Gasteiger partial charge in [0.15, 0.2) is 0 Å². The summed E-state index contributed by atoms with van der Waals surface area (Å²) in [6, 6.07) is 17.5. The predicted octanol–water partition coefficient (Wildman–Crippen LogP) is 2.51. The third kappa shape index (κ3) is 4.86. The van der Waals surface area contributed by atoms with Gasteiger partial charge < -0.3 is 10.4 Å². The van der Waals surface area contributed by atoms with Crippen molar-refractivity contribution in [1.82, 2.24) is 5.32 Å². The van der Waals surface area contributed by atoms with Gasteiger partial charge in [0, 0.05) is 12.2 Å². The number of aliphatic carboxylic acids is 1. The number of carboxylic acids is 1. The van der Waals surface area contributed by atoms with E-state index in [9.17, 15) is 14.7 Å². The fraction of sp³-hybridized carbons (Fsp3) is 0.222. The molecule has 4 nitrogen and oxygen atoms in total. The molecule has 1 amide bonds. The molecule has 2 aromatic carbocycles. The summed E-state index contributed by atoms with van der Waals surface area (Å²) in [5.74, 6) is -1.53. The van der Waals surface area contributed by atoms with Crippen molar-refractivity contribution in [1.29, 1.82) is 0 Å². The Morgan fingerprint density at radius 2 is 1.57 bits per heavy atom. The van der Waals surface area contributed by atoms with Crippen LogP contribution in [-0.4, -0.2) is 28.8 Å². The van der Waals surface area contributed by atoms with Gasteiger partial charge in [0.05, 0.1) is 5.92 Å². The van der Waals surface area contributed by atoms with E-state index in [1.807, 2.05) is 60.7 Å². The Morgan fingerprint density at radius 3 is 2.09 bits per heavy atom. The molecule has 2 aromatic rings. The molecule has 5 heteroatoms. The van der Waals surface area contributed by atoms with Crippen molar-refractivity contribution >= 4 is 24.5 Å². The average Bonchev–Trinajstić information content (AvgIpc) is 2.57. The lowest BCUT2D eigenvalue weighted by molar-refractivity contribution is -0.141. The van der Waals surface area contributed by atoms with Gasteiger partial charge in [0.1, 0.15) is 6.04 Å². The lowest BCUT2D eigenvalue weighted by Crippen LogP contribution is -2.44. The van der Waals surface area contributed by atoms with E-state index in [4.69, 9.17) is 0 Å². The van der Waals surface area contributed by atoms with Crippen LogP contribution in [0.3, 0.4) is 0 Å². The number of carboxylic acid groups (broad SMARTS) is 1. The van der Waals surface area contributed by atoms with Gasteiger partial charge in [-0.15, -0.1) is 0 Å². The summed E-state index contributed by atoms with van der Waals surface area (Å²) in [6.07, 6.45) is 0.246. The van der Waals surface area contributed by atoms with Crippen LogP contribution in [0.5, 0.6) is 0 Å². The SMILES string of the molecule is O=C(O)[C@H](Cc1ccccc1)NC(=O)[C@H](CS)c1ccccc1. The van der Waals surface area contributed by atoms with E-state index in [2.05, 4.69) is 17.9 Å². The van der Waals surface area contributed by atoms with Crippen molar-refractivity contribution in [3.8, 4) is 0 Å². The van der Waals surface area contributed by atoms with Gasteiger partial charge in [-0.1, -0.05) is 60.7 Å².